The Morgan fingerprint density at radius 2 is 1.44 bits per heavy atom. The molecular weight excluding hydrogens is 200 g/mol. The van der Waals surface area contributed by atoms with Crippen LogP contribution in [0.5, 0.6) is 0 Å². The summed E-state index contributed by atoms with van der Waals surface area (Å²) in [5, 5.41) is 0. The summed E-state index contributed by atoms with van der Waals surface area (Å²) < 4.78 is 11.8. The fourth-order valence-corrected chi connectivity index (χ4v) is 1.42. The van der Waals surface area contributed by atoms with Gasteiger partial charge in [-0.3, -0.25) is 0 Å². The lowest BCUT2D eigenvalue weighted by molar-refractivity contribution is -0.102. The second kappa shape index (κ2) is 6.02. The van der Waals surface area contributed by atoms with E-state index in [1.165, 1.54) is 0 Å². The standard InChI is InChI=1S/C14H30O2/c1-11(2)14(7,8)15-10-9-13(5,6)16-12(3)4/h11-12H,9-10H2,1-8H3. The summed E-state index contributed by atoms with van der Waals surface area (Å²) in [5.74, 6) is 0.529. The highest BCUT2D eigenvalue weighted by atomic mass is 16.5. The molecule has 0 aliphatic carbocycles. The fraction of sp³-hybridized carbons (Fsp3) is 1.00. The first kappa shape index (κ1) is 15.9. The quantitative estimate of drug-likeness (QED) is 0.657. The smallest absolute Gasteiger partial charge is 0.0651 e. The third-order valence-electron chi connectivity index (χ3n) is 3.12. The summed E-state index contributed by atoms with van der Waals surface area (Å²) >= 11 is 0. The van der Waals surface area contributed by atoms with Gasteiger partial charge in [0, 0.05) is 0 Å². The number of ether oxygens (including phenoxy) is 2. The van der Waals surface area contributed by atoms with Crippen LogP contribution in [0.25, 0.3) is 0 Å². The van der Waals surface area contributed by atoms with Crippen LogP contribution >= 0.6 is 0 Å². The summed E-state index contributed by atoms with van der Waals surface area (Å²) in [6, 6.07) is 0. The minimum absolute atomic E-state index is 0.0477. The van der Waals surface area contributed by atoms with Crippen molar-refractivity contribution in [3.05, 3.63) is 0 Å². The van der Waals surface area contributed by atoms with Crippen LogP contribution in [-0.2, 0) is 9.47 Å². The lowest BCUT2D eigenvalue weighted by atomic mass is 9.94. The molecule has 0 aromatic heterocycles. The second-order valence-electron chi connectivity index (χ2n) is 6.28. The van der Waals surface area contributed by atoms with Gasteiger partial charge in [0.1, 0.15) is 0 Å². The van der Waals surface area contributed by atoms with Crippen LogP contribution in [0.4, 0.5) is 0 Å². The highest BCUT2D eigenvalue weighted by Crippen LogP contribution is 2.23. The SMILES string of the molecule is CC(C)OC(C)(C)CCOC(C)(C)C(C)C. The third-order valence-corrected chi connectivity index (χ3v) is 3.12. The van der Waals surface area contributed by atoms with E-state index >= 15 is 0 Å². The van der Waals surface area contributed by atoms with Gasteiger partial charge in [-0.25, -0.2) is 0 Å². The van der Waals surface area contributed by atoms with Crippen molar-refractivity contribution in [1.29, 1.82) is 0 Å². The Morgan fingerprint density at radius 1 is 0.938 bits per heavy atom. The van der Waals surface area contributed by atoms with E-state index in [1.807, 2.05) is 0 Å². The van der Waals surface area contributed by atoms with E-state index in [0.29, 0.717) is 5.92 Å². The van der Waals surface area contributed by atoms with Crippen molar-refractivity contribution in [2.75, 3.05) is 6.61 Å². The average molecular weight is 230 g/mol. The maximum Gasteiger partial charge on any atom is 0.0651 e. The molecule has 0 aromatic carbocycles. The molecule has 2 heteroatoms. The molecular formula is C14H30O2. The van der Waals surface area contributed by atoms with Gasteiger partial charge in [-0.1, -0.05) is 13.8 Å². The first-order valence-electron chi connectivity index (χ1n) is 6.38. The van der Waals surface area contributed by atoms with Crippen LogP contribution in [0, 0.1) is 5.92 Å². The Morgan fingerprint density at radius 3 is 1.81 bits per heavy atom. The molecule has 16 heavy (non-hydrogen) atoms. The minimum Gasteiger partial charge on any atom is -0.375 e. The molecule has 0 saturated carbocycles. The van der Waals surface area contributed by atoms with Gasteiger partial charge in [-0.2, -0.15) is 0 Å². The van der Waals surface area contributed by atoms with Gasteiger partial charge in [0.2, 0.25) is 0 Å². The molecule has 0 bridgehead atoms. The fourth-order valence-electron chi connectivity index (χ4n) is 1.42. The van der Waals surface area contributed by atoms with Gasteiger partial charge in [0.15, 0.2) is 0 Å². The largest absolute Gasteiger partial charge is 0.375 e. The van der Waals surface area contributed by atoms with Gasteiger partial charge >= 0.3 is 0 Å². The van der Waals surface area contributed by atoms with Crippen molar-refractivity contribution in [3.63, 3.8) is 0 Å². The Balaban J connectivity index is 3.98. The molecule has 0 aliphatic rings. The van der Waals surface area contributed by atoms with E-state index in [0.717, 1.165) is 13.0 Å². The molecule has 0 fully saturated rings. The Kier molecular flexibility index (Phi) is 5.99. The van der Waals surface area contributed by atoms with Gasteiger partial charge < -0.3 is 9.47 Å². The number of hydrogen-bond acceptors (Lipinski definition) is 2. The summed E-state index contributed by atoms with van der Waals surface area (Å²) in [7, 11) is 0. The van der Waals surface area contributed by atoms with Crippen molar-refractivity contribution in [2.45, 2.75) is 79.1 Å². The first-order valence-corrected chi connectivity index (χ1v) is 6.38. The van der Waals surface area contributed by atoms with Crippen molar-refractivity contribution >= 4 is 0 Å². The lowest BCUT2D eigenvalue weighted by Crippen LogP contribution is -2.35. The highest BCUT2D eigenvalue weighted by molar-refractivity contribution is 4.75. The molecule has 0 aliphatic heterocycles. The summed E-state index contributed by atoms with van der Waals surface area (Å²) in [6.07, 6.45) is 1.20. The molecule has 0 aromatic rings. The molecule has 98 valence electrons. The zero-order valence-electron chi connectivity index (χ0n) is 12.4. The number of rotatable bonds is 7. The first-order chi connectivity index (χ1) is 7.07. The van der Waals surface area contributed by atoms with E-state index in [4.69, 9.17) is 9.47 Å². The molecule has 0 amide bonds. The summed E-state index contributed by atoms with van der Waals surface area (Å²) in [5.41, 5.74) is -0.144. The van der Waals surface area contributed by atoms with Crippen molar-refractivity contribution in [3.8, 4) is 0 Å². The van der Waals surface area contributed by atoms with Crippen molar-refractivity contribution in [2.24, 2.45) is 5.92 Å². The van der Waals surface area contributed by atoms with Gasteiger partial charge in [-0.05, 0) is 53.9 Å². The maximum atomic E-state index is 5.93. The van der Waals surface area contributed by atoms with Gasteiger partial charge in [0.05, 0.1) is 23.9 Å². The molecule has 2 nitrogen and oxygen atoms in total. The third kappa shape index (κ3) is 6.49. The van der Waals surface area contributed by atoms with Crippen LogP contribution in [0.1, 0.15) is 61.8 Å². The Labute approximate surface area is 102 Å². The number of hydrogen-bond donors (Lipinski definition) is 0. The van der Waals surface area contributed by atoms with Crippen LogP contribution in [-0.4, -0.2) is 23.9 Å². The van der Waals surface area contributed by atoms with Crippen LogP contribution in [0.15, 0.2) is 0 Å². The summed E-state index contributed by atoms with van der Waals surface area (Å²) in [6.45, 7) is 17.8. The predicted octanol–water partition coefficient (Wildman–Crippen LogP) is 4.03. The zero-order chi connectivity index (χ0) is 13.0. The molecule has 0 spiro atoms. The van der Waals surface area contributed by atoms with Crippen LogP contribution < -0.4 is 0 Å². The van der Waals surface area contributed by atoms with E-state index in [9.17, 15) is 0 Å². The van der Waals surface area contributed by atoms with E-state index in [-0.39, 0.29) is 17.3 Å². The van der Waals surface area contributed by atoms with Crippen molar-refractivity contribution in [1.82, 2.24) is 0 Å². The molecule has 0 saturated heterocycles. The predicted molar refractivity (Wildman–Crippen MR) is 69.8 cm³/mol. The molecule has 0 unspecified atom stereocenters. The summed E-state index contributed by atoms with van der Waals surface area (Å²) in [4.78, 5) is 0. The molecule has 0 radical (unpaired) electrons. The van der Waals surface area contributed by atoms with E-state index in [1.54, 1.807) is 0 Å². The Hall–Kier alpha value is -0.0800. The Bertz CT molecular complexity index is 193. The second-order valence-corrected chi connectivity index (χ2v) is 6.28. The molecule has 0 N–H and O–H groups in total. The monoisotopic (exact) mass is 230 g/mol. The molecule has 0 atom stereocenters. The van der Waals surface area contributed by atoms with Crippen molar-refractivity contribution < 1.29 is 9.47 Å². The normalized spacial score (nSPS) is 13.9. The molecule has 0 rings (SSSR count). The van der Waals surface area contributed by atoms with Crippen LogP contribution in [0.3, 0.4) is 0 Å². The lowest BCUT2D eigenvalue weighted by Gasteiger charge is -2.33. The van der Waals surface area contributed by atoms with E-state index < -0.39 is 0 Å². The maximum absolute atomic E-state index is 5.93. The topological polar surface area (TPSA) is 18.5 Å². The molecule has 0 heterocycles. The average Bonchev–Trinajstić information content (AvgIpc) is 1.99. The van der Waals surface area contributed by atoms with Gasteiger partial charge in [0.25, 0.3) is 0 Å². The minimum atomic E-state index is -0.0960. The highest BCUT2D eigenvalue weighted by Gasteiger charge is 2.25. The van der Waals surface area contributed by atoms with Crippen LogP contribution in [0.2, 0.25) is 0 Å². The van der Waals surface area contributed by atoms with Gasteiger partial charge in [-0.15, -0.1) is 0 Å². The zero-order valence-corrected chi connectivity index (χ0v) is 12.4. The van der Waals surface area contributed by atoms with E-state index in [2.05, 4.69) is 55.4 Å².